The van der Waals surface area contributed by atoms with Crippen molar-refractivity contribution in [3.8, 4) is 0 Å². The molecule has 0 spiro atoms. The van der Waals surface area contributed by atoms with Gasteiger partial charge in [0.25, 0.3) is 0 Å². The van der Waals surface area contributed by atoms with E-state index in [1.165, 1.54) is 13.0 Å². The summed E-state index contributed by atoms with van der Waals surface area (Å²) >= 11 is 0. The van der Waals surface area contributed by atoms with Crippen molar-refractivity contribution in [2.45, 2.75) is 45.9 Å². The number of carbonyl (C=O) groups is 2. The maximum Gasteiger partial charge on any atom is 0.339 e. The predicted octanol–water partition coefficient (Wildman–Crippen LogP) is 0.128. The van der Waals surface area contributed by atoms with Crippen molar-refractivity contribution in [3.63, 3.8) is 0 Å². The quantitative estimate of drug-likeness (QED) is 0.347. The molecule has 8 nitrogen and oxygen atoms in total. The molecule has 1 aliphatic carbocycles. The summed E-state index contributed by atoms with van der Waals surface area (Å²) < 4.78 is 0. The molecular formula is C15H26N4O4. The second kappa shape index (κ2) is 7.98. The Hall–Kier alpha value is -2.06. The first kappa shape index (κ1) is 19.0. The third-order valence-corrected chi connectivity index (χ3v) is 4.05. The molecule has 1 aliphatic rings. The number of carboxylic acids is 1. The summed E-state index contributed by atoms with van der Waals surface area (Å²) in [6.45, 7) is 5.33. The molecule has 0 saturated carbocycles. The second-order valence-electron chi connectivity index (χ2n) is 5.65. The van der Waals surface area contributed by atoms with Gasteiger partial charge in [0.1, 0.15) is 12.0 Å². The Labute approximate surface area is 135 Å². The van der Waals surface area contributed by atoms with Crippen molar-refractivity contribution < 1.29 is 19.8 Å². The second-order valence-corrected chi connectivity index (χ2v) is 5.65. The van der Waals surface area contributed by atoms with Crippen LogP contribution in [0.2, 0.25) is 0 Å². The van der Waals surface area contributed by atoms with E-state index in [0.717, 1.165) is 12.8 Å². The Morgan fingerprint density at radius 3 is 2.26 bits per heavy atom. The molecule has 0 aromatic carbocycles. The molecule has 130 valence electrons. The molecular weight excluding hydrogens is 300 g/mol. The lowest BCUT2D eigenvalue weighted by atomic mass is 9.83. The first-order valence-corrected chi connectivity index (χ1v) is 7.65. The monoisotopic (exact) mass is 326 g/mol. The summed E-state index contributed by atoms with van der Waals surface area (Å²) in [5.74, 6) is -2.47. The first-order valence-electron chi connectivity index (χ1n) is 7.65. The van der Waals surface area contributed by atoms with Gasteiger partial charge in [0.15, 0.2) is 0 Å². The molecule has 2 atom stereocenters. The number of aliphatic hydroxyl groups is 1. The average Bonchev–Trinajstić information content (AvgIpc) is 2.74. The fourth-order valence-electron chi connectivity index (χ4n) is 3.00. The van der Waals surface area contributed by atoms with Gasteiger partial charge in [-0.2, -0.15) is 0 Å². The highest BCUT2D eigenvalue weighted by Gasteiger charge is 2.40. The van der Waals surface area contributed by atoms with E-state index in [-0.39, 0.29) is 23.2 Å². The number of rotatable bonds is 8. The molecule has 0 aromatic heterocycles. The zero-order chi connectivity index (χ0) is 17.7. The van der Waals surface area contributed by atoms with E-state index in [0.29, 0.717) is 5.70 Å². The van der Waals surface area contributed by atoms with Crippen LogP contribution in [0.1, 0.15) is 33.6 Å². The van der Waals surface area contributed by atoms with Crippen molar-refractivity contribution in [1.29, 1.82) is 0 Å². The van der Waals surface area contributed by atoms with Gasteiger partial charge in [-0.05, 0) is 12.0 Å². The van der Waals surface area contributed by atoms with Gasteiger partial charge in [0.05, 0.1) is 11.5 Å². The predicted molar refractivity (Wildman–Crippen MR) is 85.8 cm³/mol. The van der Waals surface area contributed by atoms with Gasteiger partial charge in [-0.15, -0.1) is 0 Å². The van der Waals surface area contributed by atoms with Gasteiger partial charge < -0.3 is 20.8 Å². The van der Waals surface area contributed by atoms with Gasteiger partial charge in [-0.25, -0.2) is 4.79 Å². The summed E-state index contributed by atoms with van der Waals surface area (Å²) in [5, 5.41) is 25.2. The van der Waals surface area contributed by atoms with Crippen LogP contribution in [-0.4, -0.2) is 34.4 Å². The largest absolute Gasteiger partial charge is 0.511 e. The summed E-state index contributed by atoms with van der Waals surface area (Å²) in [6, 6.07) is -0.461. The van der Waals surface area contributed by atoms with Crippen molar-refractivity contribution in [1.82, 2.24) is 10.6 Å². The van der Waals surface area contributed by atoms with Crippen LogP contribution in [0.15, 0.2) is 23.1 Å². The molecule has 8 heteroatoms. The van der Waals surface area contributed by atoms with Gasteiger partial charge in [-0.1, -0.05) is 26.7 Å². The Morgan fingerprint density at radius 1 is 1.30 bits per heavy atom. The Kier molecular flexibility index (Phi) is 6.59. The molecule has 0 aromatic rings. The van der Waals surface area contributed by atoms with Crippen LogP contribution in [0.3, 0.4) is 0 Å². The molecule has 0 saturated heterocycles. The lowest BCUT2D eigenvalue weighted by molar-refractivity contribution is -0.132. The molecule has 8 N–H and O–H groups in total. The highest BCUT2D eigenvalue weighted by Crippen LogP contribution is 2.35. The zero-order valence-electron chi connectivity index (χ0n) is 13.7. The number of aliphatic carboxylic acids is 1. The van der Waals surface area contributed by atoms with Crippen LogP contribution in [-0.2, 0) is 9.59 Å². The van der Waals surface area contributed by atoms with Crippen molar-refractivity contribution in [3.05, 3.63) is 23.1 Å². The lowest BCUT2D eigenvalue weighted by Gasteiger charge is -2.33. The molecule has 1 rings (SSSR count). The Bertz CT molecular complexity index is 524. The maximum atomic E-state index is 11.6. The first-order chi connectivity index (χ1) is 10.7. The number of aliphatic hydroxyl groups excluding tert-OH is 1. The topological polar surface area (TPSA) is 151 Å². The summed E-state index contributed by atoms with van der Waals surface area (Å²) in [5.41, 5.74) is 11.2. The average molecular weight is 326 g/mol. The van der Waals surface area contributed by atoms with Crippen molar-refractivity contribution in [2.75, 3.05) is 0 Å². The van der Waals surface area contributed by atoms with Crippen LogP contribution >= 0.6 is 0 Å². The normalized spacial score (nSPS) is 19.1. The van der Waals surface area contributed by atoms with E-state index in [4.69, 9.17) is 11.5 Å². The minimum Gasteiger partial charge on any atom is -0.511 e. The van der Waals surface area contributed by atoms with Gasteiger partial charge >= 0.3 is 5.97 Å². The number of carbonyl (C=O) groups excluding carboxylic acids is 1. The van der Waals surface area contributed by atoms with Crippen molar-refractivity contribution >= 4 is 11.9 Å². The molecule has 0 heterocycles. The summed E-state index contributed by atoms with van der Waals surface area (Å²) in [6.07, 6.45) is 1.92. The molecule has 1 amide bonds. The smallest absolute Gasteiger partial charge is 0.339 e. The van der Waals surface area contributed by atoms with E-state index in [9.17, 15) is 19.8 Å². The number of nitrogens with two attached hydrogens (primary N) is 2. The van der Waals surface area contributed by atoms with Crippen LogP contribution < -0.4 is 22.1 Å². The lowest BCUT2D eigenvalue weighted by Crippen LogP contribution is -2.51. The van der Waals surface area contributed by atoms with Crippen LogP contribution in [0, 0.1) is 11.8 Å². The third-order valence-electron chi connectivity index (χ3n) is 4.05. The van der Waals surface area contributed by atoms with E-state index >= 15 is 0 Å². The SMILES string of the molecule is CCC(CC)C(NC(C)=O)[C@H]1C(NC(N)N)=CC(C(=O)O)=C1O. The number of carboxylic acid groups (broad SMARTS) is 1. The van der Waals surface area contributed by atoms with E-state index in [1.807, 2.05) is 13.8 Å². The molecule has 0 bridgehead atoms. The standard InChI is InChI=1S/C15H26N4O4/c1-4-8(5-2)12(18-7(3)20)11-10(19-15(16)17)6-9(13(11)21)14(22)23/h6,8,11-12,15,19,21H,4-5,16-17H2,1-3H3,(H,18,20)(H,22,23)/t11-,12?/m1/s1. The molecule has 0 aliphatic heterocycles. The van der Waals surface area contributed by atoms with Crippen LogP contribution in [0.4, 0.5) is 0 Å². The van der Waals surface area contributed by atoms with Crippen LogP contribution in [0.5, 0.6) is 0 Å². The number of nitrogens with one attached hydrogen (secondary N) is 2. The fraction of sp³-hybridized carbons (Fsp3) is 0.600. The molecule has 1 unspecified atom stereocenters. The van der Waals surface area contributed by atoms with Crippen molar-refractivity contribution in [2.24, 2.45) is 23.3 Å². The van der Waals surface area contributed by atoms with E-state index < -0.39 is 24.2 Å². The fourth-order valence-corrected chi connectivity index (χ4v) is 3.00. The van der Waals surface area contributed by atoms with Crippen LogP contribution in [0.25, 0.3) is 0 Å². The summed E-state index contributed by atoms with van der Waals surface area (Å²) in [7, 11) is 0. The number of hydrogen-bond acceptors (Lipinski definition) is 6. The van der Waals surface area contributed by atoms with Gasteiger partial charge in [0.2, 0.25) is 5.91 Å². The zero-order valence-corrected chi connectivity index (χ0v) is 13.7. The highest BCUT2D eigenvalue weighted by molar-refractivity contribution is 5.92. The van der Waals surface area contributed by atoms with Gasteiger partial charge in [-0.3, -0.25) is 16.3 Å². The number of amides is 1. The van der Waals surface area contributed by atoms with E-state index in [2.05, 4.69) is 10.6 Å². The highest BCUT2D eigenvalue weighted by atomic mass is 16.4. The van der Waals surface area contributed by atoms with E-state index in [1.54, 1.807) is 0 Å². The summed E-state index contributed by atoms with van der Waals surface area (Å²) in [4.78, 5) is 22.9. The molecule has 0 fully saturated rings. The molecule has 0 radical (unpaired) electrons. The maximum absolute atomic E-state index is 11.6. The molecule has 23 heavy (non-hydrogen) atoms. The Morgan fingerprint density at radius 2 is 1.87 bits per heavy atom. The minimum atomic E-state index is -1.25. The Balaban J connectivity index is 3.30. The van der Waals surface area contributed by atoms with Gasteiger partial charge in [0, 0.05) is 18.7 Å². The third kappa shape index (κ3) is 4.46. The number of hydrogen-bond donors (Lipinski definition) is 6. The minimum absolute atomic E-state index is 0.0541.